The summed E-state index contributed by atoms with van der Waals surface area (Å²) < 4.78 is 14.3. The Morgan fingerprint density at radius 1 is 1.19 bits per heavy atom. The Morgan fingerprint density at radius 2 is 2.00 bits per heavy atom. The zero-order valence-electron chi connectivity index (χ0n) is 10.6. The van der Waals surface area contributed by atoms with Crippen molar-refractivity contribution in [3.63, 3.8) is 0 Å². The summed E-state index contributed by atoms with van der Waals surface area (Å²) in [6.45, 7) is 0. The second kappa shape index (κ2) is 5.50. The van der Waals surface area contributed by atoms with Crippen LogP contribution in [0.25, 0.3) is 10.9 Å². The maximum atomic E-state index is 13.7. The number of halogens is 3. The Hall–Kier alpha value is -1.85. The number of amides is 1. The minimum Gasteiger partial charge on any atom is -0.350 e. The van der Waals surface area contributed by atoms with Crippen molar-refractivity contribution >= 4 is 50.0 Å². The summed E-state index contributed by atoms with van der Waals surface area (Å²) in [6, 6.07) is 11.4. The first-order valence-corrected chi connectivity index (χ1v) is 7.25. The minimum absolute atomic E-state index is 0.125. The van der Waals surface area contributed by atoms with E-state index in [9.17, 15) is 9.18 Å². The molecule has 1 heterocycles. The van der Waals surface area contributed by atoms with E-state index in [1.807, 2.05) is 6.07 Å². The fourth-order valence-electron chi connectivity index (χ4n) is 2.00. The fourth-order valence-corrected chi connectivity index (χ4v) is 2.51. The van der Waals surface area contributed by atoms with Crippen molar-refractivity contribution < 1.29 is 9.18 Å². The highest BCUT2D eigenvalue weighted by Gasteiger charge is 2.12. The van der Waals surface area contributed by atoms with E-state index in [4.69, 9.17) is 11.6 Å². The largest absolute Gasteiger partial charge is 0.350 e. The molecule has 0 saturated carbocycles. The van der Waals surface area contributed by atoms with Crippen LogP contribution in [0.3, 0.4) is 0 Å². The summed E-state index contributed by atoms with van der Waals surface area (Å²) in [6.07, 6.45) is 0. The van der Waals surface area contributed by atoms with Crippen LogP contribution in [0, 0.1) is 5.82 Å². The molecule has 0 bridgehead atoms. The van der Waals surface area contributed by atoms with Crippen LogP contribution in [-0.4, -0.2) is 10.9 Å². The molecule has 3 aromatic rings. The van der Waals surface area contributed by atoms with E-state index in [1.165, 1.54) is 12.1 Å². The number of anilines is 1. The van der Waals surface area contributed by atoms with Crippen LogP contribution >= 0.6 is 27.5 Å². The second-order valence-electron chi connectivity index (χ2n) is 4.49. The van der Waals surface area contributed by atoms with Crippen molar-refractivity contribution in [1.29, 1.82) is 0 Å². The van der Waals surface area contributed by atoms with Crippen LogP contribution in [0.5, 0.6) is 0 Å². The maximum Gasteiger partial charge on any atom is 0.272 e. The topological polar surface area (TPSA) is 44.9 Å². The van der Waals surface area contributed by atoms with Crippen molar-refractivity contribution in [1.82, 2.24) is 4.98 Å². The van der Waals surface area contributed by atoms with E-state index in [1.54, 1.807) is 24.3 Å². The Morgan fingerprint density at radius 3 is 2.76 bits per heavy atom. The van der Waals surface area contributed by atoms with Gasteiger partial charge in [0.1, 0.15) is 11.5 Å². The Labute approximate surface area is 133 Å². The number of rotatable bonds is 2. The first-order chi connectivity index (χ1) is 10.0. The van der Waals surface area contributed by atoms with Crippen LogP contribution in [0.15, 0.2) is 46.9 Å². The molecule has 21 heavy (non-hydrogen) atoms. The predicted molar refractivity (Wildman–Crippen MR) is 85.4 cm³/mol. The number of nitrogens with one attached hydrogen (secondary N) is 2. The average Bonchev–Trinajstić information content (AvgIpc) is 2.85. The number of fused-ring (bicyclic) bond motifs is 1. The van der Waals surface area contributed by atoms with Crippen LogP contribution in [0.4, 0.5) is 10.1 Å². The fraction of sp³-hybridized carbons (Fsp3) is 0. The molecule has 1 aromatic heterocycles. The first kappa shape index (κ1) is 14.1. The van der Waals surface area contributed by atoms with Crippen LogP contribution in [0.2, 0.25) is 5.02 Å². The number of H-pyrrole nitrogens is 1. The molecule has 3 rings (SSSR count). The van der Waals surface area contributed by atoms with Gasteiger partial charge >= 0.3 is 0 Å². The molecular weight excluding hydrogens is 359 g/mol. The van der Waals surface area contributed by atoms with E-state index < -0.39 is 11.7 Å². The van der Waals surface area contributed by atoms with Gasteiger partial charge in [0.05, 0.1) is 5.69 Å². The molecule has 0 radical (unpaired) electrons. The van der Waals surface area contributed by atoms with Crippen molar-refractivity contribution in [2.24, 2.45) is 0 Å². The van der Waals surface area contributed by atoms with Gasteiger partial charge in [0.2, 0.25) is 0 Å². The highest BCUT2D eigenvalue weighted by atomic mass is 79.9. The van der Waals surface area contributed by atoms with E-state index in [-0.39, 0.29) is 5.69 Å². The van der Waals surface area contributed by atoms with Crippen molar-refractivity contribution in [2.75, 3.05) is 5.32 Å². The standard InChI is InChI=1S/C15H9BrClFN2O/c16-9-2-4-12(11(18)6-9)20-15(21)14-5-8-1-3-10(17)7-13(8)19-14/h1-7,19H,(H,20,21). The maximum absolute atomic E-state index is 13.7. The van der Waals surface area contributed by atoms with Crippen molar-refractivity contribution in [2.45, 2.75) is 0 Å². The van der Waals surface area contributed by atoms with E-state index in [0.717, 1.165) is 10.9 Å². The van der Waals surface area contributed by atoms with E-state index in [2.05, 4.69) is 26.2 Å². The number of hydrogen-bond acceptors (Lipinski definition) is 1. The van der Waals surface area contributed by atoms with Gasteiger partial charge in [-0.2, -0.15) is 0 Å². The average molecular weight is 368 g/mol. The molecule has 0 aliphatic rings. The Kier molecular flexibility index (Phi) is 3.69. The van der Waals surface area contributed by atoms with Gasteiger partial charge in [-0.25, -0.2) is 4.39 Å². The van der Waals surface area contributed by atoms with Gasteiger partial charge < -0.3 is 10.3 Å². The summed E-state index contributed by atoms with van der Waals surface area (Å²) in [5, 5.41) is 3.97. The normalized spacial score (nSPS) is 10.8. The molecule has 0 aliphatic heterocycles. The quantitative estimate of drug-likeness (QED) is 0.659. The van der Waals surface area contributed by atoms with E-state index in [0.29, 0.717) is 15.2 Å². The molecule has 6 heteroatoms. The lowest BCUT2D eigenvalue weighted by molar-refractivity contribution is 0.102. The smallest absolute Gasteiger partial charge is 0.272 e. The third kappa shape index (κ3) is 2.94. The molecule has 0 saturated heterocycles. The molecule has 1 amide bonds. The Bertz CT molecular complexity index is 847. The summed E-state index contributed by atoms with van der Waals surface area (Å²) >= 11 is 9.06. The monoisotopic (exact) mass is 366 g/mol. The highest BCUT2D eigenvalue weighted by molar-refractivity contribution is 9.10. The molecule has 0 unspecified atom stereocenters. The van der Waals surface area contributed by atoms with Crippen molar-refractivity contribution in [3.8, 4) is 0 Å². The highest BCUT2D eigenvalue weighted by Crippen LogP contribution is 2.22. The lowest BCUT2D eigenvalue weighted by atomic mass is 10.2. The molecular formula is C15H9BrClFN2O. The number of aromatic nitrogens is 1. The lowest BCUT2D eigenvalue weighted by Crippen LogP contribution is -2.13. The number of aromatic amines is 1. The number of benzene rings is 2. The lowest BCUT2D eigenvalue weighted by Gasteiger charge is -2.05. The molecule has 0 aliphatic carbocycles. The summed E-state index contributed by atoms with van der Waals surface area (Å²) in [5.74, 6) is -0.916. The molecule has 3 nitrogen and oxygen atoms in total. The first-order valence-electron chi connectivity index (χ1n) is 6.07. The van der Waals surface area contributed by atoms with Crippen LogP contribution < -0.4 is 5.32 Å². The number of carbonyl (C=O) groups excluding carboxylic acids is 1. The number of hydrogen-bond donors (Lipinski definition) is 2. The molecule has 106 valence electrons. The summed E-state index contributed by atoms with van der Waals surface area (Å²) in [5.41, 5.74) is 1.22. The van der Waals surface area contributed by atoms with E-state index >= 15 is 0 Å². The van der Waals surface area contributed by atoms with Crippen LogP contribution in [0.1, 0.15) is 10.5 Å². The SMILES string of the molecule is O=C(Nc1ccc(Br)cc1F)c1cc2ccc(Cl)cc2[nH]1. The number of carbonyl (C=O) groups is 1. The van der Waals surface area contributed by atoms with Crippen molar-refractivity contribution in [3.05, 3.63) is 63.5 Å². The van der Waals surface area contributed by atoms with Gasteiger partial charge in [-0.15, -0.1) is 0 Å². The van der Waals surface area contributed by atoms with Gasteiger partial charge in [0, 0.05) is 20.4 Å². The van der Waals surface area contributed by atoms with Crippen LogP contribution in [-0.2, 0) is 0 Å². The molecule has 2 N–H and O–H groups in total. The van der Waals surface area contributed by atoms with Gasteiger partial charge in [-0.3, -0.25) is 4.79 Å². The van der Waals surface area contributed by atoms with Gasteiger partial charge in [0.15, 0.2) is 0 Å². The third-order valence-corrected chi connectivity index (χ3v) is 3.74. The molecule has 0 fully saturated rings. The molecule has 0 atom stereocenters. The zero-order valence-corrected chi connectivity index (χ0v) is 12.9. The van der Waals surface area contributed by atoms with Gasteiger partial charge in [0.25, 0.3) is 5.91 Å². The second-order valence-corrected chi connectivity index (χ2v) is 5.84. The predicted octanol–water partition coefficient (Wildman–Crippen LogP) is 4.98. The van der Waals surface area contributed by atoms with Gasteiger partial charge in [-0.05, 0) is 36.4 Å². The summed E-state index contributed by atoms with van der Waals surface area (Å²) in [4.78, 5) is 15.1. The zero-order chi connectivity index (χ0) is 15.0. The van der Waals surface area contributed by atoms with Gasteiger partial charge in [-0.1, -0.05) is 33.6 Å². The molecule has 0 spiro atoms. The third-order valence-electron chi connectivity index (χ3n) is 3.01. The summed E-state index contributed by atoms with van der Waals surface area (Å²) in [7, 11) is 0. The molecule has 2 aromatic carbocycles. The minimum atomic E-state index is -0.503. The Balaban J connectivity index is 1.89.